The van der Waals surface area contributed by atoms with Gasteiger partial charge >= 0.3 is 23.9 Å². The summed E-state index contributed by atoms with van der Waals surface area (Å²) in [5, 5.41) is 0.0751. The molecule has 0 unspecified atom stereocenters. The summed E-state index contributed by atoms with van der Waals surface area (Å²) in [4.78, 5) is 46.8. The van der Waals surface area contributed by atoms with Crippen molar-refractivity contribution in [2.45, 2.75) is 97.3 Å². The van der Waals surface area contributed by atoms with E-state index in [1.165, 1.54) is 13.8 Å². The summed E-state index contributed by atoms with van der Waals surface area (Å²) in [7, 11) is -1.91. The summed E-state index contributed by atoms with van der Waals surface area (Å²) in [6.45, 7) is 15.6. The van der Waals surface area contributed by atoms with Gasteiger partial charge in [-0.05, 0) is 18.1 Å². The number of hydrogen-bond donors (Lipinski definition) is 0. The maximum Gasteiger partial charge on any atom is 0.303 e. The molecule has 0 aliphatic carbocycles. The average Bonchev–Trinajstić information content (AvgIpc) is 2.71. The highest BCUT2D eigenvalue weighted by Gasteiger charge is 2.52. The lowest BCUT2D eigenvalue weighted by Gasteiger charge is -2.43. The van der Waals surface area contributed by atoms with Crippen LogP contribution in [0.3, 0.4) is 0 Å². The Labute approximate surface area is 213 Å². The van der Waals surface area contributed by atoms with E-state index in [0.29, 0.717) is 6.61 Å². The van der Waals surface area contributed by atoms with Crippen LogP contribution in [0.4, 0.5) is 0 Å². The van der Waals surface area contributed by atoms with E-state index >= 15 is 0 Å². The Kier molecular flexibility index (Phi) is 12.2. The smallest absolute Gasteiger partial charge is 0.303 e. The van der Waals surface area contributed by atoms with E-state index in [1.807, 2.05) is 6.08 Å². The van der Waals surface area contributed by atoms with Gasteiger partial charge in [-0.2, -0.15) is 0 Å². The Morgan fingerprint density at radius 3 is 1.78 bits per heavy atom. The molecule has 0 saturated carbocycles. The molecule has 1 saturated heterocycles. The van der Waals surface area contributed by atoms with Gasteiger partial charge in [0, 0.05) is 27.7 Å². The highest BCUT2D eigenvalue weighted by atomic mass is 28.4. The first-order valence-corrected chi connectivity index (χ1v) is 14.7. The number of esters is 4. The fraction of sp³-hybridized carbons (Fsp3) is 0.750. The molecule has 1 rings (SSSR count). The molecule has 11 nitrogen and oxygen atoms in total. The monoisotopic (exact) mass is 532 g/mol. The van der Waals surface area contributed by atoms with E-state index in [0.717, 1.165) is 13.8 Å². The van der Waals surface area contributed by atoms with Crippen LogP contribution in [0.15, 0.2) is 12.2 Å². The Bertz CT molecular complexity index is 802. The lowest BCUT2D eigenvalue weighted by molar-refractivity contribution is -0.306. The highest BCUT2D eigenvalue weighted by molar-refractivity contribution is 6.74. The van der Waals surface area contributed by atoms with Crippen molar-refractivity contribution in [3.63, 3.8) is 0 Å². The van der Waals surface area contributed by atoms with Gasteiger partial charge in [0.2, 0.25) is 0 Å². The van der Waals surface area contributed by atoms with Gasteiger partial charge in [-0.1, -0.05) is 32.9 Å². The molecular formula is C24H40O11Si. The lowest BCUT2D eigenvalue weighted by Crippen LogP contribution is -2.62. The summed E-state index contributed by atoms with van der Waals surface area (Å²) in [5.41, 5.74) is 0. The number of rotatable bonds is 11. The number of ether oxygens (including phenoxy) is 6. The number of hydrogen-bond acceptors (Lipinski definition) is 11. The zero-order valence-corrected chi connectivity index (χ0v) is 23.7. The fourth-order valence-electron chi connectivity index (χ4n) is 3.08. The molecule has 0 amide bonds. The predicted molar refractivity (Wildman–Crippen MR) is 130 cm³/mol. The minimum Gasteiger partial charge on any atom is -0.463 e. The number of carbonyl (C=O) groups is 4. The van der Waals surface area contributed by atoms with Gasteiger partial charge in [0.05, 0.1) is 13.2 Å². The van der Waals surface area contributed by atoms with Crippen molar-refractivity contribution >= 4 is 32.2 Å². The molecular weight excluding hydrogens is 492 g/mol. The lowest BCUT2D eigenvalue weighted by atomic mass is 9.98. The highest BCUT2D eigenvalue weighted by Crippen LogP contribution is 2.36. The first-order valence-electron chi connectivity index (χ1n) is 11.8. The van der Waals surface area contributed by atoms with Crippen LogP contribution in [-0.4, -0.2) is 82.7 Å². The van der Waals surface area contributed by atoms with Crippen LogP contribution in [0.5, 0.6) is 0 Å². The van der Waals surface area contributed by atoms with Crippen molar-refractivity contribution in [1.29, 1.82) is 0 Å². The summed E-state index contributed by atoms with van der Waals surface area (Å²) < 4.78 is 38.8. The average molecular weight is 533 g/mol. The van der Waals surface area contributed by atoms with E-state index in [4.69, 9.17) is 32.8 Å². The molecule has 1 fully saturated rings. The maximum absolute atomic E-state index is 11.8. The van der Waals surface area contributed by atoms with Gasteiger partial charge in [0.25, 0.3) is 0 Å². The van der Waals surface area contributed by atoms with E-state index < -0.39 is 62.9 Å². The van der Waals surface area contributed by atoms with Crippen LogP contribution in [0.1, 0.15) is 48.5 Å². The Hall–Kier alpha value is -2.28. The topological polar surface area (TPSA) is 133 Å². The summed E-state index contributed by atoms with van der Waals surface area (Å²) in [6.07, 6.45) is -2.46. The largest absolute Gasteiger partial charge is 0.463 e. The molecule has 0 aromatic heterocycles. The van der Waals surface area contributed by atoms with E-state index in [-0.39, 0.29) is 18.3 Å². The Morgan fingerprint density at radius 1 is 0.778 bits per heavy atom. The summed E-state index contributed by atoms with van der Waals surface area (Å²) >= 11 is 0. The van der Waals surface area contributed by atoms with Gasteiger partial charge in [0.1, 0.15) is 12.7 Å². The van der Waals surface area contributed by atoms with Gasteiger partial charge in [0.15, 0.2) is 32.9 Å². The molecule has 206 valence electrons. The SMILES string of the molecule is CC(=O)OC[C@H]1O[C@H](OC/C=C/CO[Si](C)(C)C(C)(C)C)[C@H](OC(C)=O)[C@@H](OC(C)=O)[C@H]1OC(C)=O. The van der Waals surface area contributed by atoms with E-state index in [1.54, 1.807) is 6.08 Å². The Morgan fingerprint density at radius 2 is 1.28 bits per heavy atom. The van der Waals surface area contributed by atoms with Crippen LogP contribution >= 0.6 is 0 Å². The quantitative estimate of drug-likeness (QED) is 0.168. The minimum atomic E-state index is -1.91. The minimum absolute atomic E-state index is 0.0502. The third kappa shape index (κ3) is 10.4. The first kappa shape index (κ1) is 31.7. The first-order chi connectivity index (χ1) is 16.5. The molecule has 0 aromatic carbocycles. The zero-order valence-electron chi connectivity index (χ0n) is 22.7. The molecule has 36 heavy (non-hydrogen) atoms. The van der Waals surface area contributed by atoms with Crippen LogP contribution in [0.2, 0.25) is 18.1 Å². The van der Waals surface area contributed by atoms with Crippen molar-refractivity contribution in [3.8, 4) is 0 Å². The van der Waals surface area contributed by atoms with Crippen molar-refractivity contribution < 1.29 is 52.0 Å². The van der Waals surface area contributed by atoms with Gasteiger partial charge in [-0.25, -0.2) is 0 Å². The molecule has 5 atom stereocenters. The second-order valence-electron chi connectivity index (χ2n) is 9.94. The van der Waals surface area contributed by atoms with Crippen LogP contribution in [0.25, 0.3) is 0 Å². The molecule has 1 heterocycles. The molecule has 1 aliphatic heterocycles. The molecule has 0 radical (unpaired) electrons. The summed E-state index contributed by atoms with van der Waals surface area (Å²) in [5.74, 6) is -2.68. The Balaban J connectivity index is 3.06. The van der Waals surface area contributed by atoms with Crippen LogP contribution < -0.4 is 0 Å². The third-order valence-corrected chi connectivity index (χ3v) is 10.3. The third-order valence-electron chi connectivity index (χ3n) is 5.82. The second kappa shape index (κ2) is 13.9. The van der Waals surface area contributed by atoms with E-state index in [9.17, 15) is 19.2 Å². The van der Waals surface area contributed by atoms with Crippen molar-refractivity contribution in [2.75, 3.05) is 19.8 Å². The van der Waals surface area contributed by atoms with Crippen LogP contribution in [0, 0.1) is 0 Å². The molecule has 0 aromatic rings. The fourth-order valence-corrected chi connectivity index (χ4v) is 4.03. The van der Waals surface area contributed by atoms with Gasteiger partial charge < -0.3 is 32.8 Å². The van der Waals surface area contributed by atoms with Crippen LogP contribution in [-0.2, 0) is 52.0 Å². The van der Waals surface area contributed by atoms with Gasteiger partial charge in [-0.15, -0.1) is 0 Å². The molecule has 12 heteroatoms. The maximum atomic E-state index is 11.8. The van der Waals surface area contributed by atoms with Crippen molar-refractivity contribution in [1.82, 2.24) is 0 Å². The second-order valence-corrected chi connectivity index (χ2v) is 14.8. The normalized spacial score (nSPS) is 24.8. The van der Waals surface area contributed by atoms with Crippen molar-refractivity contribution in [2.24, 2.45) is 0 Å². The predicted octanol–water partition coefficient (Wildman–Crippen LogP) is 2.66. The summed E-state index contributed by atoms with van der Waals surface area (Å²) in [6, 6.07) is 0. The zero-order chi connectivity index (χ0) is 27.7. The standard InChI is InChI=1S/C24H40O11Si/c1-15(25)30-14-19-20(32-16(2)26)21(33-17(3)27)22(34-18(4)28)23(35-19)29-12-10-11-13-31-36(8,9)24(5,6)7/h10-11,19-23H,12-14H2,1-9H3/b11-10+/t19-,20+,21+,22-,23+/m1/s1. The van der Waals surface area contributed by atoms with Gasteiger partial charge in [-0.3, -0.25) is 19.2 Å². The molecule has 0 N–H and O–H groups in total. The number of carbonyl (C=O) groups excluding carboxylic acids is 4. The molecule has 0 bridgehead atoms. The molecule has 0 spiro atoms. The molecule has 1 aliphatic rings. The van der Waals surface area contributed by atoms with Crippen molar-refractivity contribution in [3.05, 3.63) is 12.2 Å². The van der Waals surface area contributed by atoms with E-state index in [2.05, 4.69) is 33.9 Å².